The van der Waals surface area contributed by atoms with Gasteiger partial charge < -0.3 is 9.84 Å². The van der Waals surface area contributed by atoms with E-state index in [9.17, 15) is 5.11 Å². The van der Waals surface area contributed by atoms with Crippen LogP contribution in [-0.4, -0.2) is 41.4 Å². The standard InChI is InChI=1S/C18H29NO2/c1-4-15-5-7-16(8-6-15)11-19(17-9-10-17)12-18(20)13-21-14(2)3/h5-8,14,17-18,20H,4,9-13H2,1-3H3. The third-order valence-electron chi connectivity index (χ3n) is 3.95. The van der Waals surface area contributed by atoms with E-state index in [-0.39, 0.29) is 6.10 Å². The Hall–Kier alpha value is -0.900. The van der Waals surface area contributed by atoms with Crippen molar-refractivity contribution in [2.75, 3.05) is 13.2 Å². The molecule has 1 aromatic carbocycles. The summed E-state index contributed by atoms with van der Waals surface area (Å²) in [6.45, 7) is 8.23. The van der Waals surface area contributed by atoms with E-state index in [0.717, 1.165) is 13.0 Å². The average Bonchev–Trinajstić information content (AvgIpc) is 3.30. The van der Waals surface area contributed by atoms with Crippen molar-refractivity contribution in [1.82, 2.24) is 4.90 Å². The lowest BCUT2D eigenvalue weighted by atomic mass is 10.1. The number of hydrogen-bond donors (Lipinski definition) is 1. The minimum Gasteiger partial charge on any atom is -0.389 e. The highest BCUT2D eigenvalue weighted by atomic mass is 16.5. The third-order valence-corrected chi connectivity index (χ3v) is 3.95. The molecule has 118 valence electrons. The lowest BCUT2D eigenvalue weighted by Gasteiger charge is -2.25. The third kappa shape index (κ3) is 5.77. The number of aryl methyl sites for hydroxylation is 1. The topological polar surface area (TPSA) is 32.7 Å². The molecule has 1 unspecified atom stereocenters. The zero-order chi connectivity index (χ0) is 15.2. The lowest BCUT2D eigenvalue weighted by Crippen LogP contribution is -2.36. The van der Waals surface area contributed by atoms with Gasteiger partial charge in [-0.25, -0.2) is 0 Å². The lowest BCUT2D eigenvalue weighted by molar-refractivity contribution is -0.0107. The van der Waals surface area contributed by atoms with Crippen LogP contribution in [0, 0.1) is 0 Å². The van der Waals surface area contributed by atoms with E-state index in [4.69, 9.17) is 4.74 Å². The number of aliphatic hydroxyl groups excluding tert-OH is 1. The van der Waals surface area contributed by atoms with E-state index in [2.05, 4.69) is 36.1 Å². The molecule has 21 heavy (non-hydrogen) atoms. The van der Waals surface area contributed by atoms with Gasteiger partial charge in [0.25, 0.3) is 0 Å². The van der Waals surface area contributed by atoms with Crippen LogP contribution in [0.1, 0.15) is 44.7 Å². The number of rotatable bonds is 9. The summed E-state index contributed by atoms with van der Waals surface area (Å²) in [5.41, 5.74) is 2.71. The molecule has 2 rings (SSSR count). The number of hydrogen-bond acceptors (Lipinski definition) is 3. The van der Waals surface area contributed by atoms with E-state index in [0.29, 0.717) is 19.2 Å². The normalized spacial score (nSPS) is 16.7. The summed E-state index contributed by atoms with van der Waals surface area (Å²) in [7, 11) is 0. The van der Waals surface area contributed by atoms with Gasteiger partial charge in [0.05, 0.1) is 18.8 Å². The van der Waals surface area contributed by atoms with Crippen molar-refractivity contribution in [2.45, 2.75) is 64.8 Å². The van der Waals surface area contributed by atoms with E-state index >= 15 is 0 Å². The van der Waals surface area contributed by atoms with Gasteiger partial charge in [0.15, 0.2) is 0 Å². The van der Waals surface area contributed by atoms with Crippen LogP contribution < -0.4 is 0 Å². The van der Waals surface area contributed by atoms with Crippen LogP contribution in [0.25, 0.3) is 0 Å². The predicted molar refractivity (Wildman–Crippen MR) is 86.3 cm³/mol. The maximum absolute atomic E-state index is 10.1. The van der Waals surface area contributed by atoms with E-state index < -0.39 is 6.10 Å². The van der Waals surface area contributed by atoms with Crippen molar-refractivity contribution >= 4 is 0 Å². The first-order valence-corrected chi connectivity index (χ1v) is 8.20. The fourth-order valence-electron chi connectivity index (χ4n) is 2.52. The molecule has 1 aromatic rings. The first-order chi connectivity index (χ1) is 10.1. The molecule has 1 aliphatic carbocycles. The number of nitrogens with zero attached hydrogens (tertiary/aromatic N) is 1. The summed E-state index contributed by atoms with van der Waals surface area (Å²) in [5.74, 6) is 0. The summed E-state index contributed by atoms with van der Waals surface area (Å²) in [4.78, 5) is 2.40. The Kier molecular flexibility index (Phi) is 6.22. The van der Waals surface area contributed by atoms with Crippen LogP contribution in [0.15, 0.2) is 24.3 Å². The number of benzene rings is 1. The fraction of sp³-hybridized carbons (Fsp3) is 0.667. The molecule has 0 radical (unpaired) electrons. The van der Waals surface area contributed by atoms with Crippen molar-refractivity contribution in [2.24, 2.45) is 0 Å². The van der Waals surface area contributed by atoms with Crippen LogP contribution >= 0.6 is 0 Å². The van der Waals surface area contributed by atoms with Gasteiger partial charge in [-0.05, 0) is 44.2 Å². The van der Waals surface area contributed by atoms with Gasteiger partial charge in [0, 0.05) is 19.1 Å². The summed E-state index contributed by atoms with van der Waals surface area (Å²) in [6, 6.07) is 9.48. The molecule has 0 aromatic heterocycles. The second kappa shape index (κ2) is 7.92. The highest BCUT2D eigenvalue weighted by molar-refractivity contribution is 5.22. The Bertz CT molecular complexity index is 412. The summed E-state index contributed by atoms with van der Waals surface area (Å²) < 4.78 is 5.51. The molecule has 1 N–H and O–H groups in total. The van der Waals surface area contributed by atoms with Gasteiger partial charge in [-0.1, -0.05) is 31.2 Å². The first-order valence-electron chi connectivity index (χ1n) is 8.20. The Balaban J connectivity index is 1.86. The smallest absolute Gasteiger partial charge is 0.0900 e. The summed E-state index contributed by atoms with van der Waals surface area (Å²) in [6.07, 6.45) is 3.37. The zero-order valence-corrected chi connectivity index (χ0v) is 13.6. The molecule has 3 heteroatoms. The minimum atomic E-state index is -0.400. The monoisotopic (exact) mass is 291 g/mol. The molecular formula is C18H29NO2. The molecule has 3 nitrogen and oxygen atoms in total. The van der Waals surface area contributed by atoms with E-state index in [1.165, 1.54) is 24.0 Å². The quantitative estimate of drug-likeness (QED) is 0.759. The van der Waals surface area contributed by atoms with E-state index in [1.54, 1.807) is 0 Å². The molecule has 0 aliphatic heterocycles. The van der Waals surface area contributed by atoms with Crippen LogP contribution in [0.5, 0.6) is 0 Å². The Morgan fingerprint density at radius 2 is 1.81 bits per heavy atom. The second-order valence-electron chi connectivity index (χ2n) is 6.37. The van der Waals surface area contributed by atoms with E-state index in [1.807, 2.05) is 13.8 Å². The Morgan fingerprint density at radius 1 is 1.19 bits per heavy atom. The summed E-state index contributed by atoms with van der Waals surface area (Å²) in [5, 5.41) is 10.1. The molecule has 0 saturated heterocycles. The van der Waals surface area contributed by atoms with Gasteiger partial charge in [-0.3, -0.25) is 4.90 Å². The highest BCUT2D eigenvalue weighted by Gasteiger charge is 2.30. The SMILES string of the molecule is CCc1ccc(CN(CC(O)COC(C)C)C2CC2)cc1. The molecule has 1 atom stereocenters. The predicted octanol–water partition coefficient (Wildman–Crippen LogP) is 3.00. The van der Waals surface area contributed by atoms with Gasteiger partial charge in [0.1, 0.15) is 0 Å². The Morgan fingerprint density at radius 3 is 2.33 bits per heavy atom. The second-order valence-corrected chi connectivity index (χ2v) is 6.37. The molecule has 1 aliphatic rings. The maximum Gasteiger partial charge on any atom is 0.0900 e. The van der Waals surface area contributed by atoms with Crippen LogP contribution in [0.4, 0.5) is 0 Å². The first kappa shape index (κ1) is 16.5. The molecule has 1 fully saturated rings. The van der Waals surface area contributed by atoms with Gasteiger partial charge >= 0.3 is 0 Å². The van der Waals surface area contributed by atoms with Gasteiger partial charge in [-0.15, -0.1) is 0 Å². The molecule has 1 saturated carbocycles. The highest BCUT2D eigenvalue weighted by Crippen LogP contribution is 2.28. The zero-order valence-electron chi connectivity index (χ0n) is 13.6. The largest absolute Gasteiger partial charge is 0.389 e. The van der Waals surface area contributed by atoms with Gasteiger partial charge in [0.2, 0.25) is 0 Å². The van der Waals surface area contributed by atoms with Crippen molar-refractivity contribution in [3.8, 4) is 0 Å². The van der Waals surface area contributed by atoms with Crippen molar-refractivity contribution in [3.05, 3.63) is 35.4 Å². The molecule has 0 spiro atoms. The maximum atomic E-state index is 10.1. The molecule has 0 amide bonds. The van der Waals surface area contributed by atoms with Crippen LogP contribution in [0.2, 0.25) is 0 Å². The molecule has 0 heterocycles. The van der Waals surface area contributed by atoms with Crippen molar-refractivity contribution in [3.63, 3.8) is 0 Å². The Labute approximate surface area is 128 Å². The average molecular weight is 291 g/mol. The van der Waals surface area contributed by atoms with Crippen molar-refractivity contribution < 1.29 is 9.84 Å². The van der Waals surface area contributed by atoms with Crippen molar-refractivity contribution in [1.29, 1.82) is 0 Å². The summed E-state index contributed by atoms with van der Waals surface area (Å²) >= 11 is 0. The fourth-order valence-corrected chi connectivity index (χ4v) is 2.52. The number of aliphatic hydroxyl groups is 1. The minimum absolute atomic E-state index is 0.176. The van der Waals surface area contributed by atoms with Gasteiger partial charge in [-0.2, -0.15) is 0 Å². The molecule has 0 bridgehead atoms. The number of ether oxygens (including phenoxy) is 1. The van der Waals surface area contributed by atoms with Crippen LogP contribution in [0.3, 0.4) is 0 Å². The van der Waals surface area contributed by atoms with Crippen LogP contribution in [-0.2, 0) is 17.7 Å². The molecular weight excluding hydrogens is 262 g/mol.